The summed E-state index contributed by atoms with van der Waals surface area (Å²) in [5, 5.41) is 0. The highest BCUT2D eigenvalue weighted by Crippen LogP contribution is 2.31. The third-order valence-corrected chi connectivity index (χ3v) is 4.57. The number of benzene rings is 1. The summed E-state index contributed by atoms with van der Waals surface area (Å²) in [6.07, 6.45) is -4.57. The van der Waals surface area contributed by atoms with E-state index in [1.54, 1.807) is 76.2 Å². The highest BCUT2D eigenvalue weighted by molar-refractivity contribution is 5.76. The van der Waals surface area contributed by atoms with Crippen molar-refractivity contribution in [3.63, 3.8) is 0 Å². The summed E-state index contributed by atoms with van der Waals surface area (Å²) < 4.78 is 36.5. The second-order valence-electron chi connectivity index (χ2n) is 12.2. The van der Waals surface area contributed by atoms with E-state index in [-0.39, 0.29) is 17.9 Å². The van der Waals surface area contributed by atoms with E-state index in [1.165, 1.54) is 18.2 Å². The third kappa shape index (κ3) is 14.0. The Morgan fingerprint density at radius 2 is 1.10 bits per heavy atom. The first-order valence-electron chi connectivity index (χ1n) is 12.8. The molecule has 12 heteroatoms. The molecule has 0 bridgehead atoms. The molecule has 226 valence electrons. The molecule has 1 unspecified atom stereocenters. The minimum absolute atomic E-state index is 0.0236. The number of carbonyl (C=O) groups is 4. The van der Waals surface area contributed by atoms with Gasteiger partial charge in [-0.05, 0) is 100 Å². The van der Waals surface area contributed by atoms with Crippen LogP contribution in [-0.2, 0) is 34.9 Å². The van der Waals surface area contributed by atoms with Gasteiger partial charge in [0.2, 0.25) is 0 Å². The maximum atomic E-state index is 12.6. The van der Waals surface area contributed by atoms with E-state index in [0.29, 0.717) is 5.56 Å². The molecule has 0 amide bonds. The summed E-state index contributed by atoms with van der Waals surface area (Å²) >= 11 is 0. The van der Waals surface area contributed by atoms with Gasteiger partial charge in [-0.25, -0.2) is 14.4 Å². The molecule has 0 heterocycles. The second kappa shape index (κ2) is 13.7. The maximum Gasteiger partial charge on any atom is 0.514 e. The summed E-state index contributed by atoms with van der Waals surface area (Å²) in [4.78, 5) is 49.0. The lowest BCUT2D eigenvalue weighted by molar-refractivity contribution is -0.156. The summed E-state index contributed by atoms with van der Waals surface area (Å²) in [5.74, 6) is -1.01. The van der Waals surface area contributed by atoms with Crippen LogP contribution in [0.1, 0.15) is 81.7 Å². The topological polar surface area (TPSA) is 159 Å². The molecule has 3 atom stereocenters. The molecule has 0 aliphatic heterocycles. The fraction of sp³-hybridized carbons (Fsp3) is 0.643. The highest BCUT2D eigenvalue weighted by atomic mass is 16.8. The smallest absolute Gasteiger partial charge is 0.458 e. The van der Waals surface area contributed by atoms with Crippen molar-refractivity contribution in [1.29, 1.82) is 0 Å². The van der Waals surface area contributed by atoms with Gasteiger partial charge in [-0.15, -0.1) is 0 Å². The van der Waals surface area contributed by atoms with Crippen molar-refractivity contribution in [2.24, 2.45) is 5.73 Å². The van der Waals surface area contributed by atoms with Crippen molar-refractivity contribution in [3.8, 4) is 11.5 Å². The molecular weight excluding hydrogens is 526 g/mol. The molecule has 0 aromatic heterocycles. The van der Waals surface area contributed by atoms with Crippen LogP contribution >= 0.6 is 0 Å². The molecule has 0 spiro atoms. The van der Waals surface area contributed by atoms with E-state index in [1.807, 2.05) is 0 Å². The Labute approximate surface area is 235 Å². The van der Waals surface area contributed by atoms with Crippen molar-refractivity contribution in [3.05, 3.63) is 23.8 Å². The number of hydrogen-bond acceptors (Lipinski definition) is 12. The molecule has 1 rings (SSSR count). The van der Waals surface area contributed by atoms with E-state index in [0.717, 1.165) is 0 Å². The first kappa shape index (κ1) is 34.5. The van der Waals surface area contributed by atoms with Crippen LogP contribution in [0.15, 0.2) is 18.2 Å². The maximum absolute atomic E-state index is 12.6. The second-order valence-corrected chi connectivity index (χ2v) is 12.2. The monoisotopic (exact) mass is 569 g/mol. The lowest BCUT2D eigenvalue weighted by Gasteiger charge is -2.24. The Morgan fingerprint density at radius 3 is 1.57 bits per heavy atom. The fourth-order valence-electron chi connectivity index (χ4n) is 2.79. The molecule has 0 aliphatic rings. The predicted octanol–water partition coefficient (Wildman–Crippen LogP) is 5.46. The van der Waals surface area contributed by atoms with E-state index in [2.05, 4.69) is 0 Å². The zero-order chi connectivity index (χ0) is 31.1. The van der Waals surface area contributed by atoms with Crippen LogP contribution in [0.4, 0.5) is 14.4 Å². The Bertz CT molecular complexity index is 1050. The Hall–Kier alpha value is -3.54. The molecule has 2 N–H and O–H groups in total. The SMILES string of the molecule is CC(OC(=O)OC(C)(C)C)[C@H](C)OC(=O)[C@@H](N)Cc1ccc(OC(=O)OC(C)(C)C)c(OC(=O)OC(C)(C)C)c1. The van der Waals surface area contributed by atoms with Gasteiger partial charge >= 0.3 is 24.4 Å². The molecule has 1 aromatic rings. The summed E-state index contributed by atoms with van der Waals surface area (Å²) in [7, 11) is 0. The molecule has 12 nitrogen and oxygen atoms in total. The molecule has 0 fully saturated rings. The van der Waals surface area contributed by atoms with Gasteiger partial charge in [0.25, 0.3) is 0 Å². The van der Waals surface area contributed by atoms with Gasteiger partial charge < -0.3 is 38.9 Å². The third-order valence-electron chi connectivity index (χ3n) is 4.57. The van der Waals surface area contributed by atoms with Crippen molar-refractivity contribution in [2.75, 3.05) is 0 Å². The van der Waals surface area contributed by atoms with Gasteiger partial charge in [0.05, 0.1) is 0 Å². The van der Waals surface area contributed by atoms with E-state index in [4.69, 9.17) is 38.9 Å². The highest BCUT2D eigenvalue weighted by Gasteiger charge is 2.28. The van der Waals surface area contributed by atoms with Gasteiger partial charge in [-0.2, -0.15) is 0 Å². The van der Waals surface area contributed by atoms with Crippen LogP contribution < -0.4 is 15.2 Å². The van der Waals surface area contributed by atoms with Crippen LogP contribution in [0.3, 0.4) is 0 Å². The van der Waals surface area contributed by atoms with Gasteiger partial charge in [0.1, 0.15) is 35.1 Å². The Balaban J connectivity index is 2.98. The van der Waals surface area contributed by atoms with Crippen molar-refractivity contribution < 1.29 is 52.3 Å². The first-order chi connectivity index (χ1) is 18.0. The average molecular weight is 570 g/mol. The van der Waals surface area contributed by atoms with Gasteiger partial charge in [-0.3, -0.25) is 4.79 Å². The zero-order valence-corrected chi connectivity index (χ0v) is 25.2. The number of hydrogen-bond donors (Lipinski definition) is 1. The number of nitrogens with two attached hydrogens (primary N) is 1. The summed E-state index contributed by atoms with van der Waals surface area (Å²) in [6, 6.07) is 3.17. The Morgan fingerprint density at radius 1 is 0.675 bits per heavy atom. The van der Waals surface area contributed by atoms with Crippen LogP contribution in [0.2, 0.25) is 0 Å². The van der Waals surface area contributed by atoms with E-state index >= 15 is 0 Å². The van der Waals surface area contributed by atoms with Crippen molar-refractivity contribution in [2.45, 2.75) is 118 Å². The van der Waals surface area contributed by atoms with Crippen molar-refractivity contribution >= 4 is 24.4 Å². The number of carbonyl (C=O) groups excluding carboxylic acids is 4. The Kier molecular flexibility index (Phi) is 11.8. The van der Waals surface area contributed by atoms with Crippen LogP contribution in [0, 0.1) is 0 Å². The first-order valence-corrected chi connectivity index (χ1v) is 12.8. The van der Waals surface area contributed by atoms with Crippen molar-refractivity contribution in [1.82, 2.24) is 0 Å². The van der Waals surface area contributed by atoms with Gasteiger partial charge in [0, 0.05) is 0 Å². The molecule has 40 heavy (non-hydrogen) atoms. The number of esters is 1. The normalized spacial score (nSPS) is 14.2. The molecule has 0 radical (unpaired) electrons. The fourth-order valence-corrected chi connectivity index (χ4v) is 2.79. The lowest BCUT2D eigenvalue weighted by atomic mass is 10.1. The lowest BCUT2D eigenvalue weighted by Crippen LogP contribution is -2.40. The van der Waals surface area contributed by atoms with E-state index < -0.39 is 59.5 Å². The average Bonchev–Trinajstić information content (AvgIpc) is 2.71. The zero-order valence-electron chi connectivity index (χ0n) is 25.2. The number of rotatable bonds is 8. The standard InChI is InChI=1S/C28H43NO11/c1-16(17(2)35-23(31)38-26(3,4)5)34-22(30)19(29)14-18-12-13-20(36-24(32)39-27(6,7)8)21(15-18)37-25(33)40-28(9,10)11/h12-13,15-17,19H,14,29H2,1-11H3/t16-,17?,19-/m0/s1. The number of ether oxygens (including phenoxy) is 7. The molecule has 0 saturated carbocycles. The van der Waals surface area contributed by atoms with Crippen LogP contribution in [-0.4, -0.2) is 59.5 Å². The molecule has 0 aliphatic carbocycles. The minimum atomic E-state index is -1.12. The minimum Gasteiger partial charge on any atom is -0.458 e. The molecule has 0 saturated heterocycles. The molecule has 1 aromatic carbocycles. The largest absolute Gasteiger partial charge is 0.514 e. The van der Waals surface area contributed by atoms with Gasteiger partial charge in [0.15, 0.2) is 11.5 Å². The van der Waals surface area contributed by atoms with Gasteiger partial charge in [-0.1, -0.05) is 6.07 Å². The molecular formula is C28H43NO11. The quantitative estimate of drug-likeness (QED) is 0.240. The van der Waals surface area contributed by atoms with E-state index in [9.17, 15) is 19.2 Å². The van der Waals surface area contributed by atoms with Crippen LogP contribution in [0.25, 0.3) is 0 Å². The predicted molar refractivity (Wildman–Crippen MR) is 144 cm³/mol. The summed E-state index contributed by atoms with van der Waals surface area (Å²) in [6.45, 7) is 18.2. The van der Waals surface area contributed by atoms with Crippen LogP contribution in [0.5, 0.6) is 11.5 Å². The summed E-state index contributed by atoms with van der Waals surface area (Å²) in [5.41, 5.74) is 4.13.